The van der Waals surface area contributed by atoms with Crippen LogP contribution in [0.1, 0.15) is 45.3 Å². The quantitative estimate of drug-likeness (QED) is 0.879. The molecule has 0 aromatic carbocycles. The van der Waals surface area contributed by atoms with Gasteiger partial charge in [0.05, 0.1) is 11.7 Å². The number of carbonyl (C=O) groups is 1. The summed E-state index contributed by atoms with van der Waals surface area (Å²) >= 11 is 0. The van der Waals surface area contributed by atoms with Gasteiger partial charge in [-0.2, -0.15) is 5.10 Å². The van der Waals surface area contributed by atoms with Gasteiger partial charge < -0.3 is 10.6 Å². The van der Waals surface area contributed by atoms with E-state index in [4.69, 9.17) is 5.73 Å². The van der Waals surface area contributed by atoms with Crippen molar-refractivity contribution >= 4 is 5.91 Å². The van der Waals surface area contributed by atoms with Gasteiger partial charge in [0, 0.05) is 31.2 Å². The standard InChI is InChI=1S/C13H22N4O/c1-4-16-11(7-8-15-16)13-10(14)5-6-12(18)17(13)9(2)3/h7-10,13H,4-6,14H2,1-3H3. The molecular weight excluding hydrogens is 228 g/mol. The van der Waals surface area contributed by atoms with Crippen LogP contribution in [-0.4, -0.2) is 32.7 Å². The first kappa shape index (κ1) is 13.1. The van der Waals surface area contributed by atoms with E-state index < -0.39 is 0 Å². The summed E-state index contributed by atoms with van der Waals surface area (Å²) < 4.78 is 1.93. The minimum absolute atomic E-state index is 0.00731. The molecule has 1 aliphatic rings. The fraction of sp³-hybridized carbons (Fsp3) is 0.692. The first-order valence-electron chi connectivity index (χ1n) is 6.64. The molecule has 2 heterocycles. The molecule has 1 aromatic rings. The van der Waals surface area contributed by atoms with Crippen LogP contribution in [0.5, 0.6) is 0 Å². The molecule has 5 heteroatoms. The third-order valence-electron chi connectivity index (χ3n) is 3.59. The number of hydrogen-bond acceptors (Lipinski definition) is 3. The lowest BCUT2D eigenvalue weighted by molar-refractivity contribution is -0.139. The Kier molecular flexibility index (Phi) is 3.71. The van der Waals surface area contributed by atoms with E-state index in [-0.39, 0.29) is 24.0 Å². The number of nitrogens with two attached hydrogens (primary N) is 1. The van der Waals surface area contributed by atoms with Crippen molar-refractivity contribution in [3.63, 3.8) is 0 Å². The highest BCUT2D eigenvalue weighted by molar-refractivity contribution is 5.78. The maximum atomic E-state index is 12.1. The molecule has 1 aliphatic heterocycles. The van der Waals surface area contributed by atoms with Crippen LogP contribution < -0.4 is 5.73 Å². The van der Waals surface area contributed by atoms with Gasteiger partial charge in [-0.05, 0) is 33.3 Å². The fourth-order valence-electron chi connectivity index (χ4n) is 2.77. The number of likely N-dealkylation sites (tertiary alicyclic amines) is 1. The second-order valence-corrected chi connectivity index (χ2v) is 5.11. The van der Waals surface area contributed by atoms with E-state index >= 15 is 0 Å². The van der Waals surface area contributed by atoms with Crippen molar-refractivity contribution in [2.24, 2.45) is 5.73 Å². The molecule has 2 rings (SSSR count). The molecule has 1 saturated heterocycles. The molecule has 0 bridgehead atoms. The number of nitrogens with zero attached hydrogens (tertiary/aromatic N) is 3. The van der Waals surface area contributed by atoms with Crippen LogP contribution in [0.4, 0.5) is 0 Å². The van der Waals surface area contributed by atoms with E-state index in [0.29, 0.717) is 6.42 Å². The van der Waals surface area contributed by atoms with E-state index in [1.165, 1.54) is 0 Å². The highest BCUT2D eigenvalue weighted by Gasteiger charge is 2.37. The Bertz CT molecular complexity index is 426. The Morgan fingerprint density at radius 2 is 2.28 bits per heavy atom. The van der Waals surface area contributed by atoms with Gasteiger partial charge in [-0.15, -0.1) is 0 Å². The van der Waals surface area contributed by atoms with E-state index in [0.717, 1.165) is 18.7 Å². The number of carbonyl (C=O) groups excluding carboxylic acids is 1. The van der Waals surface area contributed by atoms with Gasteiger partial charge in [-0.1, -0.05) is 0 Å². The average Bonchev–Trinajstić information content (AvgIpc) is 2.79. The Balaban J connectivity index is 2.39. The highest BCUT2D eigenvalue weighted by Crippen LogP contribution is 2.32. The summed E-state index contributed by atoms with van der Waals surface area (Å²) in [5, 5.41) is 4.29. The second-order valence-electron chi connectivity index (χ2n) is 5.11. The zero-order chi connectivity index (χ0) is 13.3. The van der Waals surface area contributed by atoms with Gasteiger partial charge in [0.2, 0.25) is 5.91 Å². The Morgan fingerprint density at radius 1 is 1.56 bits per heavy atom. The van der Waals surface area contributed by atoms with Crippen molar-refractivity contribution in [2.75, 3.05) is 0 Å². The molecule has 2 N–H and O–H groups in total. The largest absolute Gasteiger partial charge is 0.330 e. The molecule has 18 heavy (non-hydrogen) atoms. The van der Waals surface area contributed by atoms with Gasteiger partial charge in [-0.25, -0.2) is 0 Å². The van der Waals surface area contributed by atoms with Gasteiger partial charge >= 0.3 is 0 Å². The number of amides is 1. The monoisotopic (exact) mass is 250 g/mol. The van der Waals surface area contributed by atoms with Gasteiger partial charge in [-0.3, -0.25) is 9.48 Å². The number of piperidine rings is 1. The Hall–Kier alpha value is -1.36. The maximum Gasteiger partial charge on any atom is 0.223 e. The number of hydrogen-bond donors (Lipinski definition) is 1. The summed E-state index contributed by atoms with van der Waals surface area (Å²) in [5.74, 6) is 0.195. The fourth-order valence-corrected chi connectivity index (χ4v) is 2.77. The lowest BCUT2D eigenvalue weighted by Gasteiger charge is -2.42. The predicted molar refractivity (Wildman–Crippen MR) is 69.8 cm³/mol. The van der Waals surface area contributed by atoms with Crippen molar-refractivity contribution < 1.29 is 4.79 Å². The summed E-state index contributed by atoms with van der Waals surface area (Å²) in [6.07, 6.45) is 3.08. The summed E-state index contributed by atoms with van der Waals surface area (Å²) in [5.41, 5.74) is 7.30. The average molecular weight is 250 g/mol. The Morgan fingerprint density at radius 3 is 2.89 bits per heavy atom. The van der Waals surface area contributed by atoms with Crippen molar-refractivity contribution in [1.29, 1.82) is 0 Å². The zero-order valence-electron chi connectivity index (χ0n) is 11.3. The smallest absolute Gasteiger partial charge is 0.223 e. The summed E-state index contributed by atoms with van der Waals surface area (Å²) in [6, 6.07) is 2.08. The maximum absolute atomic E-state index is 12.1. The lowest BCUT2D eigenvalue weighted by Crippen LogP contribution is -2.52. The topological polar surface area (TPSA) is 64.2 Å². The van der Waals surface area contributed by atoms with Crippen molar-refractivity contribution in [2.45, 2.75) is 58.3 Å². The summed E-state index contributed by atoms with van der Waals surface area (Å²) in [7, 11) is 0. The highest BCUT2D eigenvalue weighted by atomic mass is 16.2. The summed E-state index contributed by atoms with van der Waals surface area (Å²) in [6.45, 7) is 6.92. The molecular formula is C13H22N4O. The normalized spacial score (nSPS) is 24.9. The molecule has 0 radical (unpaired) electrons. The molecule has 1 fully saturated rings. The van der Waals surface area contributed by atoms with Crippen LogP contribution in [0.3, 0.4) is 0 Å². The van der Waals surface area contributed by atoms with Crippen molar-refractivity contribution in [3.05, 3.63) is 18.0 Å². The van der Waals surface area contributed by atoms with Gasteiger partial charge in [0.15, 0.2) is 0 Å². The molecule has 0 saturated carbocycles. The first-order chi connectivity index (χ1) is 8.56. The third kappa shape index (κ3) is 2.14. The summed E-state index contributed by atoms with van der Waals surface area (Å²) in [4.78, 5) is 14.0. The lowest BCUT2D eigenvalue weighted by atomic mass is 9.92. The molecule has 5 nitrogen and oxygen atoms in total. The molecule has 1 aromatic heterocycles. The molecule has 100 valence electrons. The molecule has 2 atom stereocenters. The minimum atomic E-state index is -0.0475. The van der Waals surface area contributed by atoms with E-state index in [9.17, 15) is 4.79 Å². The van der Waals surface area contributed by atoms with Crippen LogP contribution >= 0.6 is 0 Å². The van der Waals surface area contributed by atoms with E-state index in [2.05, 4.69) is 5.10 Å². The minimum Gasteiger partial charge on any atom is -0.330 e. The van der Waals surface area contributed by atoms with E-state index in [1.54, 1.807) is 6.20 Å². The van der Waals surface area contributed by atoms with E-state index in [1.807, 2.05) is 36.4 Å². The SMILES string of the molecule is CCn1nccc1C1C(N)CCC(=O)N1C(C)C. The predicted octanol–water partition coefficient (Wildman–Crippen LogP) is 1.30. The number of aromatic nitrogens is 2. The van der Waals surface area contributed by atoms with Crippen molar-refractivity contribution in [1.82, 2.24) is 14.7 Å². The zero-order valence-corrected chi connectivity index (χ0v) is 11.3. The molecule has 0 aliphatic carbocycles. The van der Waals surface area contributed by atoms with Crippen LogP contribution in [0, 0.1) is 0 Å². The van der Waals surface area contributed by atoms with Crippen LogP contribution in [0.25, 0.3) is 0 Å². The third-order valence-corrected chi connectivity index (χ3v) is 3.59. The number of rotatable bonds is 3. The van der Waals surface area contributed by atoms with Crippen molar-refractivity contribution in [3.8, 4) is 0 Å². The Labute approximate surface area is 108 Å². The van der Waals surface area contributed by atoms with Crippen LogP contribution in [0.2, 0.25) is 0 Å². The molecule has 1 amide bonds. The van der Waals surface area contributed by atoms with Gasteiger partial charge in [0.1, 0.15) is 0 Å². The number of aryl methyl sites for hydroxylation is 1. The van der Waals surface area contributed by atoms with Crippen LogP contribution in [0.15, 0.2) is 12.3 Å². The first-order valence-corrected chi connectivity index (χ1v) is 6.64. The molecule has 2 unspecified atom stereocenters. The van der Waals surface area contributed by atoms with Gasteiger partial charge in [0.25, 0.3) is 0 Å². The van der Waals surface area contributed by atoms with Crippen LogP contribution in [-0.2, 0) is 11.3 Å². The molecule has 0 spiro atoms. The second kappa shape index (κ2) is 5.10.